The summed E-state index contributed by atoms with van der Waals surface area (Å²) in [5.41, 5.74) is -0.678. The minimum atomic E-state index is -4.23. The molecule has 0 fully saturated rings. The molecule has 0 bridgehead atoms. The molecule has 1 heterocycles. The summed E-state index contributed by atoms with van der Waals surface area (Å²) in [6, 6.07) is 1.53. The van der Waals surface area contributed by atoms with E-state index in [2.05, 4.69) is 19.9 Å². The van der Waals surface area contributed by atoms with Crippen LogP contribution in [0.5, 0.6) is 5.75 Å². The van der Waals surface area contributed by atoms with E-state index >= 15 is 0 Å². The topological polar surface area (TPSA) is 29.5 Å². The quantitative estimate of drug-likeness (QED) is 0.426. The molecule has 0 radical (unpaired) electrons. The first-order chi connectivity index (χ1) is 13.0. The van der Waals surface area contributed by atoms with Crippen molar-refractivity contribution in [3.63, 3.8) is 0 Å². The van der Waals surface area contributed by atoms with E-state index in [1.54, 1.807) is 0 Å². The number of nitrogens with zero attached hydrogens (tertiary/aromatic N) is 1. The van der Waals surface area contributed by atoms with Gasteiger partial charge in [0.2, 0.25) is 0 Å². The molecule has 1 aliphatic rings. The largest absolute Gasteiger partial charge is 0.483 e. The van der Waals surface area contributed by atoms with E-state index in [4.69, 9.17) is 6.42 Å². The molecule has 1 aliphatic heterocycles. The molecule has 0 saturated heterocycles. The molecular formula is C19H13F5NO2P. The van der Waals surface area contributed by atoms with Gasteiger partial charge < -0.3 is 4.74 Å². The maximum atomic E-state index is 14.7. The van der Waals surface area contributed by atoms with Gasteiger partial charge in [0, 0.05) is 17.2 Å². The molecule has 2 aromatic carbocycles. The number of anilines is 1. The highest BCUT2D eigenvalue weighted by atomic mass is 31.0. The molecule has 0 saturated carbocycles. The number of carbonyl (C=O) groups excluding carboxylic acids is 1. The molecule has 0 spiro atoms. The Morgan fingerprint density at radius 3 is 2.43 bits per heavy atom. The number of rotatable bonds is 2. The van der Waals surface area contributed by atoms with Crippen LogP contribution in [0.1, 0.15) is 11.1 Å². The number of hydrogen-bond acceptors (Lipinski definition) is 2. The van der Waals surface area contributed by atoms with E-state index in [0.29, 0.717) is 16.5 Å². The van der Waals surface area contributed by atoms with Crippen LogP contribution >= 0.6 is 9.24 Å². The van der Waals surface area contributed by atoms with Gasteiger partial charge in [-0.25, -0.2) is 13.2 Å². The fraction of sp³-hybridized carbons (Fsp3) is 0.211. The Hall–Kier alpha value is -2.65. The van der Waals surface area contributed by atoms with Gasteiger partial charge in [0.15, 0.2) is 17.4 Å². The van der Waals surface area contributed by atoms with Gasteiger partial charge in [-0.15, -0.1) is 15.7 Å². The van der Waals surface area contributed by atoms with Gasteiger partial charge in [-0.3, -0.25) is 9.69 Å². The highest BCUT2D eigenvalue weighted by Gasteiger charge is 2.50. The Balaban J connectivity index is 2.32. The van der Waals surface area contributed by atoms with Crippen LogP contribution in [0, 0.1) is 43.6 Å². The summed E-state index contributed by atoms with van der Waals surface area (Å²) >= 11 is 0. The summed E-state index contributed by atoms with van der Waals surface area (Å²) in [5, 5.41) is 0.187. The van der Waals surface area contributed by atoms with Crippen molar-refractivity contribution in [3.05, 3.63) is 40.7 Å². The first-order valence-corrected chi connectivity index (χ1v) is 8.48. The minimum absolute atomic E-state index is 0.0525. The fourth-order valence-corrected chi connectivity index (χ4v) is 3.43. The number of fused-ring (bicyclic) bond motifs is 1. The zero-order valence-electron chi connectivity index (χ0n) is 14.7. The van der Waals surface area contributed by atoms with Crippen molar-refractivity contribution in [1.82, 2.24) is 0 Å². The lowest BCUT2D eigenvalue weighted by Gasteiger charge is -2.33. The van der Waals surface area contributed by atoms with Crippen LogP contribution < -0.4 is 14.9 Å². The summed E-state index contributed by atoms with van der Waals surface area (Å²) in [6.07, 6.45) is 0.900. The van der Waals surface area contributed by atoms with Crippen LogP contribution in [-0.4, -0.2) is 18.6 Å². The van der Waals surface area contributed by atoms with Crippen molar-refractivity contribution in [1.29, 1.82) is 0 Å². The molecule has 1 amide bonds. The van der Waals surface area contributed by atoms with Crippen LogP contribution in [-0.2, 0) is 4.79 Å². The third-order valence-corrected chi connectivity index (χ3v) is 5.29. The first kappa shape index (κ1) is 20.1. The molecule has 146 valence electrons. The average molecular weight is 413 g/mol. The molecule has 1 unspecified atom stereocenters. The zero-order valence-corrected chi connectivity index (χ0v) is 15.8. The van der Waals surface area contributed by atoms with Crippen molar-refractivity contribution in [2.45, 2.75) is 20.0 Å². The van der Waals surface area contributed by atoms with Crippen LogP contribution in [0.4, 0.5) is 27.6 Å². The van der Waals surface area contributed by atoms with Crippen LogP contribution in [0.2, 0.25) is 0 Å². The Bertz CT molecular complexity index is 1030. The van der Waals surface area contributed by atoms with Gasteiger partial charge in [-0.05, 0) is 36.3 Å². The monoisotopic (exact) mass is 413 g/mol. The lowest BCUT2D eigenvalue weighted by molar-refractivity contribution is -0.192. The number of terminal acetylenes is 1. The van der Waals surface area contributed by atoms with Crippen LogP contribution in [0.3, 0.4) is 0 Å². The average Bonchev–Trinajstić information content (AvgIpc) is 2.63. The zero-order chi connectivity index (χ0) is 21.0. The molecule has 2 aromatic rings. The Morgan fingerprint density at radius 2 is 1.82 bits per heavy atom. The second-order valence-electron chi connectivity index (χ2n) is 6.18. The van der Waals surface area contributed by atoms with Crippen molar-refractivity contribution in [2.75, 3.05) is 11.4 Å². The Morgan fingerprint density at radius 1 is 1.18 bits per heavy atom. The number of ether oxygens (including phenoxy) is 1. The molecule has 1 atom stereocenters. The van der Waals surface area contributed by atoms with Crippen molar-refractivity contribution in [2.24, 2.45) is 0 Å². The summed E-state index contributed by atoms with van der Waals surface area (Å²) in [5.74, 6) is -3.92. The summed E-state index contributed by atoms with van der Waals surface area (Å²) in [6.45, 7) is 2.35. The minimum Gasteiger partial charge on any atom is -0.423 e. The maximum Gasteiger partial charge on any atom is 0.483 e. The van der Waals surface area contributed by atoms with Gasteiger partial charge in [-0.2, -0.15) is 8.78 Å². The molecule has 9 heteroatoms. The highest BCUT2D eigenvalue weighted by molar-refractivity contribution is 7.28. The summed E-state index contributed by atoms with van der Waals surface area (Å²) in [4.78, 5) is 12.5. The predicted octanol–water partition coefficient (Wildman–Crippen LogP) is 3.84. The van der Waals surface area contributed by atoms with E-state index in [-0.39, 0.29) is 16.6 Å². The predicted molar refractivity (Wildman–Crippen MR) is 97.3 cm³/mol. The third kappa shape index (κ3) is 2.91. The second kappa shape index (κ2) is 6.75. The van der Waals surface area contributed by atoms with Gasteiger partial charge >= 0.3 is 12.0 Å². The fourth-order valence-electron chi connectivity index (χ4n) is 2.93. The summed E-state index contributed by atoms with van der Waals surface area (Å²) < 4.78 is 75.4. The van der Waals surface area contributed by atoms with Crippen molar-refractivity contribution in [3.8, 4) is 29.2 Å². The smallest absolute Gasteiger partial charge is 0.423 e. The van der Waals surface area contributed by atoms with E-state index in [0.717, 1.165) is 6.07 Å². The molecule has 0 N–H and O–H groups in total. The molecule has 0 aromatic heterocycles. The number of hydrogen-bond donors (Lipinski definition) is 0. The number of halogens is 5. The Labute approximate surface area is 159 Å². The molecule has 28 heavy (non-hydrogen) atoms. The van der Waals surface area contributed by atoms with Gasteiger partial charge in [0.05, 0.1) is 12.2 Å². The standard InChI is InChI=1S/C19H13F5NO2P/c1-4-5-25-12-6-10(11(20)7-13(12)27-19(23,24)18(25)26)14-16(22)15(21)8(2)9(3)17(14)28/h1,6-7H,5,28H2,2-3H3. The van der Waals surface area contributed by atoms with Crippen LogP contribution in [0.25, 0.3) is 11.1 Å². The lowest BCUT2D eigenvalue weighted by atomic mass is 9.97. The maximum absolute atomic E-state index is 14.7. The SMILES string of the molecule is C#CCN1C(=O)C(F)(F)Oc2cc(F)c(-c3c(F)c(F)c(C)c(C)c3P)cc21. The number of alkyl halides is 2. The van der Waals surface area contributed by atoms with E-state index in [1.807, 2.05) is 0 Å². The van der Waals surface area contributed by atoms with E-state index in [9.17, 15) is 26.7 Å². The number of amides is 1. The van der Waals surface area contributed by atoms with Gasteiger partial charge in [0.25, 0.3) is 0 Å². The lowest BCUT2D eigenvalue weighted by Crippen LogP contribution is -2.51. The van der Waals surface area contributed by atoms with Gasteiger partial charge in [0.1, 0.15) is 5.82 Å². The summed E-state index contributed by atoms with van der Waals surface area (Å²) in [7, 11) is 2.21. The normalized spacial score (nSPS) is 15.1. The van der Waals surface area contributed by atoms with Crippen LogP contribution in [0.15, 0.2) is 12.1 Å². The van der Waals surface area contributed by atoms with Crippen molar-refractivity contribution < 1.29 is 31.5 Å². The third-order valence-electron chi connectivity index (χ3n) is 4.57. The molecule has 3 nitrogen and oxygen atoms in total. The van der Waals surface area contributed by atoms with Crippen molar-refractivity contribution >= 4 is 26.1 Å². The molecule has 3 rings (SSSR count). The van der Waals surface area contributed by atoms with Gasteiger partial charge in [-0.1, -0.05) is 5.92 Å². The molecule has 0 aliphatic carbocycles. The highest BCUT2D eigenvalue weighted by Crippen LogP contribution is 2.43. The molecular weight excluding hydrogens is 400 g/mol. The first-order valence-electron chi connectivity index (χ1n) is 7.91. The van der Waals surface area contributed by atoms with E-state index in [1.165, 1.54) is 13.8 Å². The second-order valence-corrected chi connectivity index (χ2v) is 6.76. The number of benzene rings is 2. The van der Waals surface area contributed by atoms with E-state index < -0.39 is 52.9 Å². The number of carbonyl (C=O) groups is 1. The Kier molecular flexibility index (Phi) is 4.84.